The van der Waals surface area contributed by atoms with E-state index in [1.54, 1.807) is 18.5 Å². The number of carbonyl (C=O) groups excluding carboxylic acids is 1. The first-order valence-corrected chi connectivity index (χ1v) is 8.69. The van der Waals surface area contributed by atoms with Gasteiger partial charge in [-0.2, -0.15) is 10.2 Å². The zero-order valence-electron chi connectivity index (χ0n) is 15.8. The van der Waals surface area contributed by atoms with Gasteiger partial charge >= 0.3 is 0 Å². The topological polar surface area (TPSA) is 61.7 Å². The second-order valence-electron chi connectivity index (χ2n) is 5.81. The van der Waals surface area contributed by atoms with E-state index in [1.807, 2.05) is 30.9 Å². The van der Waals surface area contributed by atoms with Gasteiger partial charge in [0.15, 0.2) is 0 Å². The van der Waals surface area contributed by atoms with Crippen LogP contribution < -0.4 is 4.90 Å². The van der Waals surface area contributed by atoms with E-state index >= 15 is 0 Å². The van der Waals surface area contributed by atoms with Crippen LogP contribution in [-0.4, -0.2) is 53.9 Å². The van der Waals surface area contributed by atoms with Gasteiger partial charge in [-0.3, -0.25) is 9.79 Å². The number of amides is 1. The van der Waals surface area contributed by atoms with Gasteiger partial charge in [0.25, 0.3) is 5.91 Å². The average Bonchev–Trinajstić information content (AvgIpc) is 2.66. The molecule has 1 fully saturated rings. The molecule has 0 atom stereocenters. The lowest BCUT2D eigenvalue weighted by Gasteiger charge is -2.35. The second-order valence-corrected chi connectivity index (χ2v) is 5.81. The maximum absolute atomic E-state index is 12.5. The highest BCUT2D eigenvalue weighted by atomic mass is 16.2. The van der Waals surface area contributed by atoms with Gasteiger partial charge in [-0.05, 0) is 32.7 Å². The maximum Gasteiger partial charge on any atom is 0.272 e. The molecule has 25 heavy (non-hydrogen) atoms. The van der Waals surface area contributed by atoms with Crippen LogP contribution in [0, 0.1) is 0 Å². The molecule has 136 valence electrons. The van der Waals surface area contributed by atoms with Gasteiger partial charge in [-0.15, -0.1) is 0 Å². The SMILES string of the molecule is C=N/C(=C\C(C)=C/C)C(=O)N1CCN(c2ccnnc2)CC1.CCC. The van der Waals surface area contributed by atoms with Crippen molar-refractivity contribution in [3.8, 4) is 0 Å². The van der Waals surface area contributed by atoms with E-state index in [1.165, 1.54) is 6.42 Å². The van der Waals surface area contributed by atoms with E-state index in [4.69, 9.17) is 0 Å². The Kier molecular flexibility index (Phi) is 9.14. The Labute approximate surface area is 151 Å². The van der Waals surface area contributed by atoms with Crippen LogP contribution in [0.2, 0.25) is 0 Å². The molecule has 0 radical (unpaired) electrons. The summed E-state index contributed by atoms with van der Waals surface area (Å²) in [5.74, 6) is -0.0660. The van der Waals surface area contributed by atoms with E-state index in [0.717, 1.165) is 24.4 Å². The maximum atomic E-state index is 12.5. The summed E-state index contributed by atoms with van der Waals surface area (Å²) in [6.07, 6.45) is 8.38. The molecule has 1 aromatic rings. The number of anilines is 1. The molecule has 1 aromatic heterocycles. The molecule has 1 saturated heterocycles. The molecule has 1 amide bonds. The minimum atomic E-state index is -0.0660. The monoisotopic (exact) mass is 343 g/mol. The van der Waals surface area contributed by atoms with Crippen molar-refractivity contribution in [1.82, 2.24) is 15.1 Å². The van der Waals surface area contributed by atoms with Gasteiger partial charge in [-0.1, -0.05) is 31.9 Å². The highest BCUT2D eigenvalue weighted by molar-refractivity contribution is 5.94. The molecule has 6 nitrogen and oxygen atoms in total. The van der Waals surface area contributed by atoms with Crippen molar-refractivity contribution in [3.05, 3.63) is 41.9 Å². The van der Waals surface area contributed by atoms with E-state index in [2.05, 4.69) is 40.7 Å². The summed E-state index contributed by atoms with van der Waals surface area (Å²) >= 11 is 0. The van der Waals surface area contributed by atoms with Crippen LogP contribution in [0.1, 0.15) is 34.1 Å². The van der Waals surface area contributed by atoms with Crippen LogP contribution in [0.4, 0.5) is 5.69 Å². The lowest BCUT2D eigenvalue weighted by atomic mass is 10.2. The lowest BCUT2D eigenvalue weighted by molar-refractivity contribution is -0.127. The summed E-state index contributed by atoms with van der Waals surface area (Å²) in [6.45, 7) is 14.5. The fourth-order valence-electron chi connectivity index (χ4n) is 2.27. The molecule has 0 unspecified atom stereocenters. The lowest BCUT2D eigenvalue weighted by Crippen LogP contribution is -2.49. The number of nitrogens with zero attached hydrogens (tertiary/aromatic N) is 5. The smallest absolute Gasteiger partial charge is 0.272 e. The molecule has 6 heteroatoms. The number of carbonyl (C=O) groups is 1. The number of rotatable bonds is 4. The predicted molar refractivity (Wildman–Crippen MR) is 104 cm³/mol. The molecule has 1 aliphatic heterocycles. The Balaban J connectivity index is 0.000000970. The minimum Gasteiger partial charge on any atom is -0.367 e. The summed E-state index contributed by atoms with van der Waals surface area (Å²) < 4.78 is 0. The number of hydrogen-bond donors (Lipinski definition) is 0. The van der Waals surface area contributed by atoms with Crippen molar-refractivity contribution >= 4 is 18.3 Å². The minimum absolute atomic E-state index is 0.0660. The summed E-state index contributed by atoms with van der Waals surface area (Å²) in [6, 6.07) is 1.93. The number of aromatic nitrogens is 2. The highest BCUT2D eigenvalue weighted by Crippen LogP contribution is 2.16. The number of piperazine rings is 1. The van der Waals surface area contributed by atoms with Crippen LogP contribution in [-0.2, 0) is 4.79 Å². The first-order chi connectivity index (χ1) is 12.1. The van der Waals surface area contributed by atoms with Gasteiger partial charge < -0.3 is 9.80 Å². The molecule has 2 rings (SSSR count). The molecule has 0 aliphatic carbocycles. The van der Waals surface area contributed by atoms with Crippen molar-refractivity contribution in [2.24, 2.45) is 4.99 Å². The van der Waals surface area contributed by atoms with Crippen molar-refractivity contribution in [2.75, 3.05) is 31.1 Å². The first kappa shape index (κ1) is 20.5. The number of aliphatic imine (C=N–C) groups is 1. The fraction of sp³-hybridized carbons (Fsp3) is 0.474. The van der Waals surface area contributed by atoms with Gasteiger partial charge in [-0.25, -0.2) is 0 Å². The Morgan fingerprint density at radius 3 is 2.40 bits per heavy atom. The first-order valence-electron chi connectivity index (χ1n) is 8.69. The van der Waals surface area contributed by atoms with Gasteiger partial charge in [0.05, 0.1) is 18.1 Å². The zero-order valence-corrected chi connectivity index (χ0v) is 15.8. The highest BCUT2D eigenvalue weighted by Gasteiger charge is 2.23. The Hall–Kier alpha value is -2.50. The Bertz CT molecular complexity index is 602. The molecular weight excluding hydrogens is 314 g/mol. The van der Waals surface area contributed by atoms with Crippen molar-refractivity contribution in [1.29, 1.82) is 0 Å². The van der Waals surface area contributed by atoms with E-state index in [-0.39, 0.29) is 5.91 Å². The third-order valence-corrected chi connectivity index (χ3v) is 3.71. The summed E-state index contributed by atoms with van der Waals surface area (Å²) in [7, 11) is 0. The summed E-state index contributed by atoms with van der Waals surface area (Å²) in [5.41, 5.74) is 2.43. The number of allylic oxidation sites excluding steroid dienone is 3. The second kappa shape index (κ2) is 11.1. The van der Waals surface area contributed by atoms with E-state index < -0.39 is 0 Å². The molecule has 1 aliphatic rings. The van der Waals surface area contributed by atoms with Crippen LogP contribution in [0.3, 0.4) is 0 Å². The summed E-state index contributed by atoms with van der Waals surface area (Å²) in [5, 5.41) is 7.67. The normalized spacial score (nSPS) is 15.4. The average molecular weight is 343 g/mol. The molecule has 2 heterocycles. The third-order valence-electron chi connectivity index (χ3n) is 3.71. The molecule has 0 N–H and O–H groups in total. The Morgan fingerprint density at radius 1 is 1.28 bits per heavy atom. The van der Waals surface area contributed by atoms with Crippen LogP contribution in [0.25, 0.3) is 0 Å². The van der Waals surface area contributed by atoms with Crippen LogP contribution >= 0.6 is 0 Å². The van der Waals surface area contributed by atoms with Crippen LogP contribution in [0.5, 0.6) is 0 Å². The van der Waals surface area contributed by atoms with E-state index in [0.29, 0.717) is 18.8 Å². The standard InChI is InChI=1S/C16H21N5O.C3H8/c1-4-13(2)11-15(17-3)16(22)21-9-7-20(8-10-21)14-5-6-18-19-12-14;1-3-2/h4-6,11-12H,3,7-10H2,1-2H3;3H2,1-2H3/b13-4-,15-11-;. The van der Waals surface area contributed by atoms with Gasteiger partial charge in [0, 0.05) is 26.2 Å². The fourth-order valence-corrected chi connectivity index (χ4v) is 2.27. The predicted octanol–water partition coefficient (Wildman–Crippen LogP) is 3.09. The molecule has 0 spiro atoms. The molecule has 0 aromatic carbocycles. The summed E-state index contributed by atoms with van der Waals surface area (Å²) in [4.78, 5) is 20.4. The number of hydrogen-bond acceptors (Lipinski definition) is 5. The van der Waals surface area contributed by atoms with Gasteiger partial charge in [0.2, 0.25) is 0 Å². The molecule has 0 saturated carbocycles. The molecule has 0 bridgehead atoms. The third kappa shape index (κ3) is 6.49. The quantitative estimate of drug-likeness (QED) is 0.479. The Morgan fingerprint density at radius 2 is 1.92 bits per heavy atom. The largest absolute Gasteiger partial charge is 0.367 e. The van der Waals surface area contributed by atoms with Crippen molar-refractivity contribution in [2.45, 2.75) is 34.1 Å². The van der Waals surface area contributed by atoms with Crippen molar-refractivity contribution < 1.29 is 4.79 Å². The van der Waals surface area contributed by atoms with Crippen LogP contribution in [0.15, 0.2) is 46.9 Å². The van der Waals surface area contributed by atoms with Gasteiger partial charge in [0.1, 0.15) is 5.70 Å². The van der Waals surface area contributed by atoms with E-state index in [9.17, 15) is 4.79 Å². The zero-order chi connectivity index (χ0) is 18.7. The molecular formula is C19H29N5O. The van der Waals surface area contributed by atoms with Crippen molar-refractivity contribution in [3.63, 3.8) is 0 Å².